The number of amides is 2. The van der Waals surface area contributed by atoms with E-state index in [4.69, 9.17) is 5.11 Å². The molecule has 5 N–H and O–H groups in total. The molecule has 12 heteroatoms. The third kappa shape index (κ3) is 3.99. The summed E-state index contributed by atoms with van der Waals surface area (Å²) >= 11 is 0. The van der Waals surface area contributed by atoms with Crippen LogP contribution in [0.3, 0.4) is 0 Å². The van der Waals surface area contributed by atoms with E-state index in [1.54, 1.807) is 0 Å². The van der Waals surface area contributed by atoms with Gasteiger partial charge < -0.3 is 20.8 Å². The highest BCUT2D eigenvalue weighted by Crippen LogP contribution is 2.56. The monoisotopic (exact) mass is 444 g/mol. The Hall–Kier alpha value is -3.57. The number of carbonyl (C=O) groups is 4. The van der Waals surface area contributed by atoms with E-state index >= 15 is 0 Å². The molecule has 5 rings (SSSR count). The number of nitrogens with zero attached hydrogens (tertiary/aromatic N) is 3. The number of carbonyl (C=O) groups excluding carboxylic acids is 2. The summed E-state index contributed by atoms with van der Waals surface area (Å²) in [5.41, 5.74) is -0.125. The van der Waals surface area contributed by atoms with E-state index in [0.717, 1.165) is 19.3 Å². The van der Waals surface area contributed by atoms with E-state index in [0.29, 0.717) is 25.8 Å². The first kappa shape index (κ1) is 21.7. The largest absolute Gasteiger partial charge is 0.481 e. The summed E-state index contributed by atoms with van der Waals surface area (Å²) in [6, 6.07) is 0. The molecule has 3 aliphatic rings. The molecule has 2 heterocycles. The normalized spacial score (nSPS) is 24.2. The third-order valence-electron chi connectivity index (χ3n) is 6.87. The van der Waals surface area contributed by atoms with Gasteiger partial charge in [0.25, 0.3) is 5.91 Å². The highest BCUT2D eigenvalue weighted by Gasteiger charge is 2.52. The summed E-state index contributed by atoms with van der Waals surface area (Å²) in [6.45, 7) is 0.431. The lowest BCUT2D eigenvalue weighted by molar-refractivity contribution is -0.158. The zero-order chi connectivity index (χ0) is 22.9. The maximum Gasteiger partial charge on any atom is 0.309 e. The molecule has 3 fully saturated rings. The summed E-state index contributed by atoms with van der Waals surface area (Å²) in [6.07, 6.45) is 4.82. The lowest BCUT2D eigenvalue weighted by Gasteiger charge is -2.51. The number of H-pyrrole nitrogens is 1. The number of anilines is 1. The second-order valence-corrected chi connectivity index (χ2v) is 8.73. The molecule has 0 atom stereocenters. The number of aromatic nitrogens is 4. The third-order valence-corrected chi connectivity index (χ3v) is 6.87. The van der Waals surface area contributed by atoms with E-state index < -0.39 is 29.2 Å². The maximum absolute atomic E-state index is 12.9. The van der Waals surface area contributed by atoms with Crippen molar-refractivity contribution in [3.63, 3.8) is 0 Å². The number of fused-ring (bicyclic) bond motifs is 4. The number of hydrogen-bond acceptors (Lipinski definition) is 7. The summed E-state index contributed by atoms with van der Waals surface area (Å²) in [5, 5.41) is 30.3. The first-order chi connectivity index (χ1) is 15.2. The number of carboxylic acids is 2. The number of carboxylic acid groups (broad SMARTS) is 2. The van der Waals surface area contributed by atoms with Crippen LogP contribution in [0.5, 0.6) is 0 Å². The average molecular weight is 444 g/mol. The molecule has 0 aromatic carbocycles. The molecule has 0 unspecified atom stereocenters. The maximum atomic E-state index is 12.9. The Labute approximate surface area is 182 Å². The number of aromatic amines is 1. The lowest BCUT2D eigenvalue weighted by Crippen LogP contribution is -2.50. The van der Waals surface area contributed by atoms with Crippen LogP contribution in [0.15, 0.2) is 6.33 Å². The second kappa shape index (κ2) is 8.17. The van der Waals surface area contributed by atoms with Gasteiger partial charge in [0.2, 0.25) is 5.91 Å². The van der Waals surface area contributed by atoms with Crippen molar-refractivity contribution in [1.82, 2.24) is 25.5 Å². The second-order valence-electron chi connectivity index (χ2n) is 8.73. The molecule has 0 radical (unpaired) electrons. The topological polar surface area (TPSA) is 187 Å². The van der Waals surface area contributed by atoms with E-state index in [9.17, 15) is 24.3 Å². The minimum Gasteiger partial charge on any atom is -0.481 e. The predicted molar refractivity (Wildman–Crippen MR) is 110 cm³/mol. The van der Waals surface area contributed by atoms with Crippen molar-refractivity contribution in [2.24, 2.45) is 10.8 Å². The Bertz CT molecular complexity index is 1070. The standard InChI is InChI=1S/C20H24N6O6/c27-11(1-2-12(28)29)24-16-14-13(25-26-16)15(23-10-22-14)17(30)21-9-19-3-6-20(7-4-19,8-5-19)18(31)32/h10H,1-9H2,(H,21,30)(H,28,29)(H,31,32)(H2,24,25,26,27). The molecule has 2 bridgehead atoms. The fraction of sp³-hybridized carbons (Fsp3) is 0.550. The van der Waals surface area contributed by atoms with E-state index in [-0.39, 0.29) is 40.8 Å². The lowest BCUT2D eigenvalue weighted by atomic mass is 9.53. The van der Waals surface area contributed by atoms with Gasteiger partial charge in [0.1, 0.15) is 17.4 Å². The summed E-state index contributed by atoms with van der Waals surface area (Å²) < 4.78 is 0. The van der Waals surface area contributed by atoms with Gasteiger partial charge in [0.05, 0.1) is 11.8 Å². The molecule has 2 aromatic rings. The smallest absolute Gasteiger partial charge is 0.309 e. The molecular formula is C20H24N6O6. The molecule has 170 valence electrons. The van der Waals surface area contributed by atoms with Crippen molar-refractivity contribution < 1.29 is 29.4 Å². The van der Waals surface area contributed by atoms with Crippen LogP contribution in [-0.2, 0) is 14.4 Å². The van der Waals surface area contributed by atoms with Crippen LogP contribution in [-0.4, -0.2) is 60.7 Å². The van der Waals surface area contributed by atoms with Crippen LogP contribution in [0, 0.1) is 10.8 Å². The van der Waals surface area contributed by atoms with E-state index in [1.807, 2.05) is 0 Å². The first-order valence-electron chi connectivity index (χ1n) is 10.5. The van der Waals surface area contributed by atoms with Gasteiger partial charge in [-0.2, -0.15) is 5.10 Å². The van der Waals surface area contributed by atoms with Gasteiger partial charge in [-0.1, -0.05) is 0 Å². The van der Waals surface area contributed by atoms with Crippen LogP contribution in [0.1, 0.15) is 61.9 Å². The molecule has 0 spiro atoms. The van der Waals surface area contributed by atoms with Crippen molar-refractivity contribution in [3.05, 3.63) is 12.0 Å². The summed E-state index contributed by atoms with van der Waals surface area (Å²) in [5.74, 6) is -2.66. The van der Waals surface area contributed by atoms with E-state index in [2.05, 4.69) is 30.8 Å². The van der Waals surface area contributed by atoms with Crippen molar-refractivity contribution in [2.45, 2.75) is 51.4 Å². The highest BCUT2D eigenvalue weighted by molar-refractivity contribution is 6.06. The van der Waals surface area contributed by atoms with Gasteiger partial charge in [0.15, 0.2) is 11.5 Å². The quantitative estimate of drug-likeness (QED) is 0.400. The van der Waals surface area contributed by atoms with Gasteiger partial charge in [-0.05, 0) is 43.9 Å². The van der Waals surface area contributed by atoms with Gasteiger partial charge in [-0.3, -0.25) is 24.3 Å². The van der Waals surface area contributed by atoms with Crippen LogP contribution in [0.4, 0.5) is 5.82 Å². The Kier molecular flexibility index (Phi) is 5.53. The fourth-order valence-electron chi connectivity index (χ4n) is 4.71. The Morgan fingerprint density at radius 2 is 1.69 bits per heavy atom. The summed E-state index contributed by atoms with van der Waals surface area (Å²) in [4.78, 5) is 55.1. The molecule has 2 amide bonds. The minimum absolute atomic E-state index is 0.0800. The summed E-state index contributed by atoms with van der Waals surface area (Å²) in [7, 11) is 0. The number of rotatable bonds is 8. The number of hydrogen-bond donors (Lipinski definition) is 5. The molecule has 12 nitrogen and oxygen atoms in total. The van der Waals surface area contributed by atoms with Gasteiger partial charge >= 0.3 is 11.9 Å². The van der Waals surface area contributed by atoms with Crippen LogP contribution >= 0.6 is 0 Å². The molecule has 0 aliphatic heterocycles. The average Bonchev–Trinajstić information content (AvgIpc) is 3.20. The first-order valence-corrected chi connectivity index (χ1v) is 10.5. The zero-order valence-corrected chi connectivity index (χ0v) is 17.3. The van der Waals surface area contributed by atoms with Crippen LogP contribution in [0.25, 0.3) is 11.0 Å². The van der Waals surface area contributed by atoms with Gasteiger partial charge in [-0.25, -0.2) is 9.97 Å². The van der Waals surface area contributed by atoms with Crippen molar-refractivity contribution in [3.8, 4) is 0 Å². The zero-order valence-electron chi connectivity index (χ0n) is 17.3. The van der Waals surface area contributed by atoms with Gasteiger partial charge in [0, 0.05) is 13.0 Å². The fourth-order valence-corrected chi connectivity index (χ4v) is 4.71. The van der Waals surface area contributed by atoms with Crippen molar-refractivity contribution in [2.75, 3.05) is 11.9 Å². The number of aliphatic carboxylic acids is 2. The molecule has 2 aromatic heterocycles. The predicted octanol–water partition coefficient (Wildman–Crippen LogP) is 1.31. The van der Waals surface area contributed by atoms with E-state index in [1.165, 1.54) is 6.33 Å². The Morgan fingerprint density at radius 1 is 1.00 bits per heavy atom. The molecule has 0 saturated heterocycles. The van der Waals surface area contributed by atoms with Crippen molar-refractivity contribution >= 4 is 40.6 Å². The highest BCUT2D eigenvalue weighted by atomic mass is 16.4. The molecule has 3 saturated carbocycles. The SMILES string of the molecule is O=C(O)CCC(=O)Nc1n[nH]c2c(C(=O)NCC34CCC(C(=O)O)(CC3)CC4)ncnc12. The molecule has 32 heavy (non-hydrogen) atoms. The number of nitrogens with one attached hydrogen (secondary N) is 3. The Balaban J connectivity index is 1.42. The Morgan fingerprint density at radius 3 is 2.31 bits per heavy atom. The van der Waals surface area contributed by atoms with Crippen LogP contribution < -0.4 is 10.6 Å². The van der Waals surface area contributed by atoms with Gasteiger partial charge in [-0.15, -0.1) is 0 Å². The van der Waals surface area contributed by atoms with Crippen LogP contribution in [0.2, 0.25) is 0 Å². The molecular weight excluding hydrogens is 420 g/mol. The van der Waals surface area contributed by atoms with Crippen molar-refractivity contribution in [1.29, 1.82) is 0 Å². The molecule has 3 aliphatic carbocycles. The minimum atomic E-state index is -1.09.